The molecule has 3 rings (SSSR count). The molecule has 0 bridgehead atoms. The maximum Gasteiger partial charge on any atom is 0.110 e. The summed E-state index contributed by atoms with van der Waals surface area (Å²) in [7, 11) is 0. The van der Waals surface area contributed by atoms with Crippen LogP contribution in [0.1, 0.15) is 53.4 Å². The predicted molar refractivity (Wildman–Crippen MR) is 85.1 cm³/mol. The molecule has 1 aliphatic carbocycles. The highest BCUT2D eigenvalue weighted by Crippen LogP contribution is 2.37. The van der Waals surface area contributed by atoms with E-state index in [2.05, 4.69) is 44.2 Å². The Labute approximate surface area is 125 Å². The van der Waals surface area contributed by atoms with E-state index in [-0.39, 0.29) is 6.04 Å². The average molecular weight is 286 g/mol. The topological polar surface area (TPSA) is 38.9 Å². The van der Waals surface area contributed by atoms with E-state index in [1.165, 1.54) is 22.6 Å². The first-order valence-corrected chi connectivity index (χ1v) is 8.25. The van der Waals surface area contributed by atoms with Crippen molar-refractivity contribution in [2.24, 2.45) is 11.7 Å². The van der Waals surface area contributed by atoms with E-state index < -0.39 is 0 Å². The highest BCUT2D eigenvalue weighted by molar-refractivity contribution is 7.11. The number of nitrogens with zero attached hydrogens (tertiary/aromatic N) is 1. The maximum absolute atomic E-state index is 6.24. The zero-order valence-corrected chi connectivity index (χ0v) is 13.0. The van der Waals surface area contributed by atoms with Gasteiger partial charge in [-0.05, 0) is 36.7 Å². The number of rotatable bonds is 3. The van der Waals surface area contributed by atoms with Crippen molar-refractivity contribution in [3.63, 3.8) is 0 Å². The lowest BCUT2D eigenvalue weighted by atomic mass is 9.85. The van der Waals surface area contributed by atoms with Crippen LogP contribution in [-0.4, -0.2) is 4.98 Å². The Bertz CT molecular complexity index is 574. The van der Waals surface area contributed by atoms with Crippen LogP contribution < -0.4 is 5.73 Å². The molecule has 0 aliphatic heterocycles. The van der Waals surface area contributed by atoms with Crippen molar-refractivity contribution < 1.29 is 0 Å². The monoisotopic (exact) mass is 286 g/mol. The molecule has 3 heteroatoms. The molecule has 0 saturated carbocycles. The molecule has 1 heterocycles. The van der Waals surface area contributed by atoms with Gasteiger partial charge < -0.3 is 5.73 Å². The van der Waals surface area contributed by atoms with Crippen molar-refractivity contribution in [1.29, 1.82) is 0 Å². The lowest BCUT2D eigenvalue weighted by Gasteiger charge is -2.21. The number of aromatic nitrogens is 1. The summed E-state index contributed by atoms with van der Waals surface area (Å²) in [5.74, 6) is 1.10. The highest BCUT2D eigenvalue weighted by atomic mass is 32.1. The highest BCUT2D eigenvalue weighted by Gasteiger charge is 2.25. The largest absolute Gasteiger partial charge is 0.322 e. The number of nitrogens with two attached hydrogens (primary N) is 1. The summed E-state index contributed by atoms with van der Waals surface area (Å²) in [6, 6.07) is 10.9. The summed E-state index contributed by atoms with van der Waals surface area (Å²) in [5.41, 5.74) is 9.00. The van der Waals surface area contributed by atoms with E-state index in [1.807, 2.05) is 11.3 Å². The first kappa shape index (κ1) is 13.8. The van der Waals surface area contributed by atoms with Gasteiger partial charge in [-0.1, -0.05) is 44.2 Å². The van der Waals surface area contributed by atoms with Gasteiger partial charge >= 0.3 is 0 Å². The molecule has 1 aromatic carbocycles. The number of benzene rings is 1. The summed E-state index contributed by atoms with van der Waals surface area (Å²) < 4.78 is 0. The molecule has 0 amide bonds. The number of hydrogen-bond acceptors (Lipinski definition) is 3. The van der Waals surface area contributed by atoms with Crippen LogP contribution >= 0.6 is 11.3 Å². The Balaban J connectivity index is 1.82. The lowest BCUT2D eigenvalue weighted by Crippen LogP contribution is -2.16. The number of fused-ring (bicyclic) bond motifs is 1. The van der Waals surface area contributed by atoms with Crippen LogP contribution in [0.4, 0.5) is 0 Å². The summed E-state index contributed by atoms with van der Waals surface area (Å²) >= 11 is 1.83. The van der Waals surface area contributed by atoms with E-state index in [1.54, 1.807) is 0 Å². The van der Waals surface area contributed by atoms with Gasteiger partial charge in [-0.25, -0.2) is 4.98 Å². The van der Waals surface area contributed by atoms with E-state index in [0.717, 1.165) is 17.8 Å². The molecule has 1 aromatic heterocycles. The van der Waals surface area contributed by atoms with Gasteiger partial charge in [0.05, 0.1) is 11.7 Å². The third-order valence-corrected chi connectivity index (χ3v) is 5.45. The summed E-state index contributed by atoms with van der Waals surface area (Å²) in [6.07, 6.45) is 3.43. The van der Waals surface area contributed by atoms with Gasteiger partial charge in [-0.2, -0.15) is 0 Å². The Morgan fingerprint density at radius 3 is 2.70 bits per heavy atom. The quantitative estimate of drug-likeness (QED) is 0.923. The number of hydrogen-bond donors (Lipinski definition) is 1. The number of aryl methyl sites for hydroxylation is 1. The predicted octanol–water partition coefficient (Wildman–Crippen LogP) is 4.07. The minimum Gasteiger partial charge on any atom is -0.322 e. The summed E-state index contributed by atoms with van der Waals surface area (Å²) in [5, 5.41) is 1.12. The van der Waals surface area contributed by atoms with Gasteiger partial charge in [-0.3, -0.25) is 0 Å². The molecule has 0 fully saturated rings. The second-order valence-corrected chi connectivity index (χ2v) is 7.16. The molecule has 1 aliphatic rings. The zero-order valence-electron chi connectivity index (χ0n) is 12.2. The minimum absolute atomic E-state index is 0.0841. The Morgan fingerprint density at radius 1 is 1.25 bits per heavy atom. The zero-order chi connectivity index (χ0) is 14.1. The maximum atomic E-state index is 6.24. The molecule has 2 aromatic rings. The van der Waals surface area contributed by atoms with Crippen molar-refractivity contribution in [3.8, 4) is 0 Å². The van der Waals surface area contributed by atoms with Crippen LogP contribution in [0.15, 0.2) is 30.3 Å². The summed E-state index contributed by atoms with van der Waals surface area (Å²) in [6.45, 7) is 4.33. The smallest absolute Gasteiger partial charge is 0.110 e. The molecular weight excluding hydrogens is 264 g/mol. The molecule has 2 atom stereocenters. The Hall–Kier alpha value is -1.19. The molecule has 0 radical (unpaired) electrons. The van der Waals surface area contributed by atoms with Crippen LogP contribution in [0.3, 0.4) is 0 Å². The van der Waals surface area contributed by atoms with E-state index in [0.29, 0.717) is 11.8 Å². The Morgan fingerprint density at radius 2 is 2.00 bits per heavy atom. The average Bonchev–Trinajstić information content (AvgIpc) is 2.90. The van der Waals surface area contributed by atoms with Crippen molar-refractivity contribution in [2.45, 2.75) is 45.1 Å². The molecule has 0 saturated heterocycles. The fourth-order valence-corrected chi connectivity index (χ4v) is 4.20. The third-order valence-electron chi connectivity index (χ3n) is 4.23. The fourth-order valence-electron chi connectivity index (χ4n) is 2.83. The first-order chi connectivity index (χ1) is 9.65. The molecule has 2 nitrogen and oxygen atoms in total. The van der Waals surface area contributed by atoms with Crippen molar-refractivity contribution in [1.82, 2.24) is 4.98 Å². The van der Waals surface area contributed by atoms with E-state index in [9.17, 15) is 0 Å². The minimum atomic E-state index is 0.0841. The molecule has 106 valence electrons. The molecule has 2 N–H and O–H groups in total. The van der Waals surface area contributed by atoms with Gasteiger partial charge in [0.2, 0.25) is 0 Å². The van der Waals surface area contributed by atoms with Crippen molar-refractivity contribution >= 4 is 11.3 Å². The van der Waals surface area contributed by atoms with E-state index in [4.69, 9.17) is 10.7 Å². The van der Waals surface area contributed by atoms with Gasteiger partial charge in [0, 0.05) is 4.88 Å². The molecular formula is C17H22N2S. The van der Waals surface area contributed by atoms with Crippen LogP contribution in [0.25, 0.3) is 0 Å². The van der Waals surface area contributed by atoms with Crippen LogP contribution in [0.2, 0.25) is 0 Å². The third kappa shape index (κ3) is 2.65. The van der Waals surface area contributed by atoms with Gasteiger partial charge in [0.15, 0.2) is 0 Å². The van der Waals surface area contributed by atoms with Gasteiger partial charge in [0.1, 0.15) is 5.01 Å². The van der Waals surface area contributed by atoms with Crippen molar-refractivity contribution in [2.75, 3.05) is 0 Å². The Kier molecular flexibility index (Phi) is 3.90. The fraction of sp³-hybridized carbons (Fsp3) is 0.471. The molecule has 2 unspecified atom stereocenters. The lowest BCUT2D eigenvalue weighted by molar-refractivity contribution is 0.509. The van der Waals surface area contributed by atoms with Crippen molar-refractivity contribution in [3.05, 3.63) is 51.5 Å². The number of thiazole rings is 1. The second-order valence-electron chi connectivity index (χ2n) is 6.04. The van der Waals surface area contributed by atoms with Crippen LogP contribution in [-0.2, 0) is 12.8 Å². The van der Waals surface area contributed by atoms with Gasteiger partial charge in [0.25, 0.3) is 0 Å². The molecule has 0 spiro atoms. The van der Waals surface area contributed by atoms with Crippen LogP contribution in [0.5, 0.6) is 0 Å². The van der Waals surface area contributed by atoms with Crippen LogP contribution in [0, 0.1) is 5.92 Å². The molecule has 20 heavy (non-hydrogen) atoms. The summed E-state index contributed by atoms with van der Waals surface area (Å²) in [4.78, 5) is 6.25. The standard InChI is InChI=1S/C17H22N2S/c1-11(2)16(18)17-19-14-9-8-13(10-15(14)20-17)12-6-4-3-5-7-12/h3-7,11,13,16H,8-10,18H2,1-2H3. The van der Waals surface area contributed by atoms with E-state index >= 15 is 0 Å². The van der Waals surface area contributed by atoms with Gasteiger partial charge in [-0.15, -0.1) is 11.3 Å². The second kappa shape index (κ2) is 5.66. The normalized spacial score (nSPS) is 19.9. The first-order valence-electron chi connectivity index (χ1n) is 7.44. The SMILES string of the molecule is CC(C)C(N)c1nc2c(s1)CC(c1ccccc1)CC2.